The van der Waals surface area contributed by atoms with Gasteiger partial charge in [-0.25, -0.2) is 0 Å². The van der Waals surface area contributed by atoms with Crippen molar-refractivity contribution in [3.8, 4) is 5.75 Å². The van der Waals surface area contributed by atoms with E-state index in [4.69, 9.17) is 0 Å². The van der Waals surface area contributed by atoms with Crippen LogP contribution in [0.4, 0.5) is 11.4 Å². The first kappa shape index (κ1) is 23.3. The molecule has 6 N–H and O–H groups in total. The number of aliphatic hydroxyl groups is 2. The Kier molecular flexibility index (Phi) is 8.62. The number of phenols is 1. The summed E-state index contributed by atoms with van der Waals surface area (Å²) in [6.45, 7) is 1.37. The van der Waals surface area contributed by atoms with E-state index in [9.17, 15) is 20.1 Å². The molecule has 3 aromatic carbocycles. The average molecular weight is 436 g/mol. The van der Waals surface area contributed by atoms with Crippen molar-refractivity contribution in [3.63, 3.8) is 0 Å². The van der Waals surface area contributed by atoms with Gasteiger partial charge in [0.25, 0.3) is 0 Å². The number of hydrogen-bond acceptors (Lipinski definition) is 6. The fraction of sp³-hybridized carbons (Fsp3) is 0.240. The smallest absolute Gasteiger partial charge is 0.211 e. The van der Waals surface area contributed by atoms with Crippen molar-refractivity contribution >= 4 is 17.8 Å². The fourth-order valence-electron chi connectivity index (χ4n) is 3.43. The average Bonchev–Trinajstić information content (AvgIpc) is 2.83. The van der Waals surface area contributed by atoms with Crippen LogP contribution in [-0.4, -0.2) is 41.4 Å². The summed E-state index contributed by atoms with van der Waals surface area (Å²) in [5.74, 6) is -0.0846. The van der Waals surface area contributed by atoms with Gasteiger partial charge in [0.2, 0.25) is 6.41 Å². The van der Waals surface area contributed by atoms with Gasteiger partial charge in [0.1, 0.15) is 5.75 Å². The third-order valence-corrected chi connectivity index (χ3v) is 5.20. The highest BCUT2D eigenvalue weighted by Crippen LogP contribution is 2.30. The molecule has 0 aliphatic rings. The van der Waals surface area contributed by atoms with Gasteiger partial charge in [0, 0.05) is 24.3 Å². The lowest BCUT2D eigenvalue weighted by atomic mass is 10.1. The molecular weight excluding hydrogens is 406 g/mol. The number of aliphatic hydroxyl groups excluding tert-OH is 2. The van der Waals surface area contributed by atoms with E-state index in [1.165, 1.54) is 6.07 Å². The van der Waals surface area contributed by atoms with Crippen LogP contribution in [0.3, 0.4) is 0 Å². The summed E-state index contributed by atoms with van der Waals surface area (Å²) in [5.41, 5.74) is 3.63. The van der Waals surface area contributed by atoms with E-state index in [0.29, 0.717) is 25.1 Å². The zero-order valence-corrected chi connectivity index (χ0v) is 17.7. The molecule has 3 rings (SSSR count). The van der Waals surface area contributed by atoms with Gasteiger partial charge in [-0.2, -0.15) is 0 Å². The summed E-state index contributed by atoms with van der Waals surface area (Å²) in [4.78, 5) is 10.7. The predicted octanol–water partition coefficient (Wildman–Crippen LogP) is 2.97. The topological polar surface area (TPSA) is 114 Å². The number of aromatic hydroxyl groups is 1. The van der Waals surface area contributed by atoms with E-state index < -0.39 is 12.2 Å². The van der Waals surface area contributed by atoms with Crippen LogP contribution in [0.2, 0.25) is 0 Å². The molecule has 0 saturated carbocycles. The summed E-state index contributed by atoms with van der Waals surface area (Å²) in [6.07, 6.45) is -0.189. The molecule has 32 heavy (non-hydrogen) atoms. The molecule has 0 aliphatic heterocycles. The third-order valence-electron chi connectivity index (χ3n) is 5.20. The lowest BCUT2D eigenvalue weighted by molar-refractivity contribution is -0.105. The van der Waals surface area contributed by atoms with Gasteiger partial charge in [-0.3, -0.25) is 4.79 Å². The Hall–Kier alpha value is -3.39. The second-order valence-corrected chi connectivity index (χ2v) is 7.48. The maximum atomic E-state index is 10.7. The molecule has 0 bridgehead atoms. The molecule has 1 amide bonds. The lowest BCUT2D eigenvalue weighted by Gasteiger charge is -2.16. The maximum Gasteiger partial charge on any atom is 0.211 e. The van der Waals surface area contributed by atoms with E-state index in [2.05, 4.69) is 16.0 Å². The van der Waals surface area contributed by atoms with Crippen LogP contribution < -0.4 is 16.0 Å². The summed E-state index contributed by atoms with van der Waals surface area (Å²) in [7, 11) is 0. The van der Waals surface area contributed by atoms with Crippen LogP contribution in [0.25, 0.3) is 0 Å². The first-order chi connectivity index (χ1) is 15.6. The van der Waals surface area contributed by atoms with Crippen LogP contribution in [0.15, 0.2) is 72.8 Å². The molecule has 0 unspecified atom stereocenters. The second-order valence-electron chi connectivity index (χ2n) is 7.48. The van der Waals surface area contributed by atoms with Gasteiger partial charge in [-0.15, -0.1) is 0 Å². The number of carbonyl (C=O) groups is 1. The highest BCUT2D eigenvalue weighted by Gasteiger charge is 2.15. The maximum absolute atomic E-state index is 10.7. The van der Waals surface area contributed by atoms with Gasteiger partial charge in [0.15, 0.2) is 0 Å². The van der Waals surface area contributed by atoms with E-state index in [1.807, 2.05) is 54.6 Å². The molecule has 168 valence electrons. The molecule has 0 saturated heterocycles. The minimum absolute atomic E-state index is 0.0846. The quantitative estimate of drug-likeness (QED) is 0.148. The standard InChI is InChI=1S/C25H29N3O4/c29-17-28-25-21(7-4-8-22(25)30)24(32)15-26-14-13-18-9-11-20(12-10-18)27-16-23(31)19-5-2-1-3-6-19/h1-12,17,23-24,26-27,30-32H,13-16H2,(H,28,29)/t23-,24-/m0/s1. The van der Waals surface area contributed by atoms with Gasteiger partial charge in [0.05, 0.1) is 17.9 Å². The largest absolute Gasteiger partial charge is 0.506 e. The summed E-state index contributed by atoms with van der Waals surface area (Å²) in [6, 6.07) is 22.3. The van der Waals surface area contributed by atoms with Gasteiger partial charge >= 0.3 is 0 Å². The number of rotatable bonds is 12. The van der Waals surface area contributed by atoms with Crippen LogP contribution in [0, 0.1) is 0 Å². The fourth-order valence-corrected chi connectivity index (χ4v) is 3.43. The number of hydrogen-bond donors (Lipinski definition) is 6. The SMILES string of the molecule is O=CNc1c(O)cccc1[C@@H](O)CNCCc1ccc(NC[C@H](O)c2ccccc2)cc1. The molecule has 7 nitrogen and oxygen atoms in total. The lowest BCUT2D eigenvalue weighted by Crippen LogP contribution is -2.24. The zero-order chi connectivity index (χ0) is 22.8. The van der Waals surface area contributed by atoms with E-state index >= 15 is 0 Å². The van der Waals surface area contributed by atoms with Crippen molar-refractivity contribution in [2.24, 2.45) is 0 Å². The van der Waals surface area contributed by atoms with Crippen LogP contribution in [-0.2, 0) is 11.2 Å². The van der Waals surface area contributed by atoms with Crippen molar-refractivity contribution in [1.29, 1.82) is 0 Å². The number of benzene rings is 3. The van der Waals surface area contributed by atoms with Crippen LogP contribution in [0.1, 0.15) is 28.9 Å². The van der Waals surface area contributed by atoms with Crippen LogP contribution >= 0.6 is 0 Å². The Balaban J connectivity index is 1.42. The Bertz CT molecular complexity index is 980. The highest BCUT2D eigenvalue weighted by molar-refractivity contribution is 5.78. The minimum atomic E-state index is -0.868. The third kappa shape index (κ3) is 6.55. The molecule has 0 aliphatic carbocycles. The minimum Gasteiger partial charge on any atom is -0.506 e. The van der Waals surface area contributed by atoms with Crippen molar-refractivity contribution in [2.45, 2.75) is 18.6 Å². The molecule has 0 aromatic heterocycles. The van der Waals surface area contributed by atoms with Crippen molar-refractivity contribution < 1.29 is 20.1 Å². The number of amides is 1. The summed E-state index contributed by atoms with van der Waals surface area (Å²) < 4.78 is 0. The highest BCUT2D eigenvalue weighted by atomic mass is 16.3. The van der Waals surface area contributed by atoms with E-state index in [-0.39, 0.29) is 18.0 Å². The number of nitrogens with one attached hydrogen (secondary N) is 3. The number of para-hydroxylation sites is 1. The normalized spacial score (nSPS) is 12.7. The Morgan fingerprint density at radius 1 is 0.844 bits per heavy atom. The zero-order valence-electron chi connectivity index (χ0n) is 17.7. The van der Waals surface area contributed by atoms with Gasteiger partial charge in [-0.1, -0.05) is 54.6 Å². The van der Waals surface area contributed by atoms with E-state index in [1.54, 1.807) is 12.1 Å². The molecule has 0 fully saturated rings. The first-order valence-electron chi connectivity index (χ1n) is 10.5. The Labute approximate surface area is 187 Å². The molecule has 0 radical (unpaired) electrons. The van der Waals surface area contributed by atoms with Gasteiger partial charge in [-0.05, 0) is 42.3 Å². The molecule has 2 atom stereocenters. The predicted molar refractivity (Wildman–Crippen MR) is 126 cm³/mol. The molecule has 3 aromatic rings. The molecule has 0 spiro atoms. The van der Waals surface area contributed by atoms with Crippen molar-refractivity contribution in [1.82, 2.24) is 5.32 Å². The molecule has 7 heteroatoms. The van der Waals surface area contributed by atoms with Crippen molar-refractivity contribution in [3.05, 3.63) is 89.5 Å². The molecule has 0 heterocycles. The Morgan fingerprint density at radius 2 is 1.59 bits per heavy atom. The number of phenolic OH excluding ortho intramolecular Hbond substituents is 1. The molecular formula is C25H29N3O4. The second kappa shape index (κ2) is 11.9. The van der Waals surface area contributed by atoms with E-state index in [0.717, 1.165) is 23.2 Å². The monoisotopic (exact) mass is 435 g/mol. The number of anilines is 2. The number of carbonyl (C=O) groups excluding carboxylic acids is 1. The van der Waals surface area contributed by atoms with Gasteiger partial charge < -0.3 is 31.3 Å². The summed E-state index contributed by atoms with van der Waals surface area (Å²) >= 11 is 0. The summed E-state index contributed by atoms with van der Waals surface area (Å²) in [5, 5.41) is 39.4. The van der Waals surface area contributed by atoms with Crippen LogP contribution in [0.5, 0.6) is 5.75 Å². The first-order valence-corrected chi connectivity index (χ1v) is 10.5. The Morgan fingerprint density at radius 3 is 2.31 bits per heavy atom. The van der Waals surface area contributed by atoms with Crippen molar-refractivity contribution in [2.75, 3.05) is 30.3 Å².